The summed E-state index contributed by atoms with van der Waals surface area (Å²) in [5.41, 5.74) is 0.417. The van der Waals surface area contributed by atoms with E-state index in [9.17, 15) is 112 Å². The summed E-state index contributed by atoms with van der Waals surface area (Å²) in [4.78, 5) is 0. The van der Waals surface area contributed by atoms with Gasteiger partial charge < -0.3 is 127 Å². The molecule has 0 bridgehead atoms. The number of hydrogen-bond donors (Lipinski definition) is 23. The summed E-state index contributed by atoms with van der Waals surface area (Å²) in [5.74, 6) is -1.05. The van der Waals surface area contributed by atoms with Gasteiger partial charge in [0.25, 0.3) is 0 Å². The van der Waals surface area contributed by atoms with Crippen molar-refractivity contribution in [3.63, 3.8) is 0 Å². The summed E-state index contributed by atoms with van der Waals surface area (Å²) in [5, 5.41) is 243. The number of hydrogen-bond acceptors (Lipinski definition) is 25. The topological polar surface area (TPSA) is 484 Å². The fourth-order valence-electron chi connectivity index (χ4n) is 11.2. The van der Waals surface area contributed by atoms with Crippen LogP contribution in [0.15, 0.2) is 97.2 Å². The van der Waals surface area contributed by atoms with Gasteiger partial charge in [-0.2, -0.15) is 0 Å². The molecule has 0 amide bonds. The summed E-state index contributed by atoms with van der Waals surface area (Å²) in [6.07, 6.45) is -11.5. The second-order valence-corrected chi connectivity index (χ2v) is 25.6. The summed E-state index contributed by atoms with van der Waals surface area (Å²) < 4.78 is 11.6. The lowest BCUT2D eigenvalue weighted by Crippen LogP contribution is -2.59. The van der Waals surface area contributed by atoms with Crippen LogP contribution in [0.4, 0.5) is 0 Å². The van der Waals surface area contributed by atoms with Crippen LogP contribution in [0.25, 0.3) is 0 Å². The van der Waals surface area contributed by atoms with E-state index in [2.05, 4.69) is 13.2 Å². The molecule has 0 saturated carbocycles. The highest BCUT2D eigenvalue weighted by Gasteiger charge is 2.47. The zero-order valence-electron chi connectivity index (χ0n) is 54.3. The van der Waals surface area contributed by atoms with Crippen molar-refractivity contribution in [3.05, 3.63) is 97.2 Å². The van der Waals surface area contributed by atoms with Crippen molar-refractivity contribution < 1.29 is 127 Å². The summed E-state index contributed by atoms with van der Waals surface area (Å²) in [6.45, 7) is 10.1. The zero-order chi connectivity index (χ0) is 69.9. The van der Waals surface area contributed by atoms with Gasteiger partial charge in [-0.15, -0.1) is 6.58 Å². The quantitative estimate of drug-likeness (QED) is 0.0200. The van der Waals surface area contributed by atoms with E-state index in [-0.39, 0.29) is 70.0 Å². The van der Waals surface area contributed by atoms with Gasteiger partial charge in [-0.3, -0.25) is 0 Å². The predicted molar refractivity (Wildman–Crippen MR) is 346 cm³/mol. The molecule has 0 aromatic heterocycles. The first-order valence-electron chi connectivity index (χ1n) is 33.1. The van der Waals surface area contributed by atoms with Crippen LogP contribution < -0.4 is 0 Å². The van der Waals surface area contributed by atoms with E-state index in [0.717, 1.165) is 12.8 Å². The molecule has 23 N–H and O–H groups in total. The van der Waals surface area contributed by atoms with Crippen LogP contribution in [-0.2, 0) is 9.47 Å². The number of rotatable bonds is 49. The molecule has 2 fully saturated rings. The molecule has 2 saturated heterocycles. The molecule has 27 unspecified atom stereocenters. The van der Waals surface area contributed by atoms with E-state index in [1.54, 1.807) is 61.6 Å². The Morgan fingerprint density at radius 1 is 0.495 bits per heavy atom. The SMILES string of the molecule is C=CCCCC(O)C=CC=CC(O)CCCC=CC(O)C(O)C1OC(C(O)C(O)C(=C)CCC(O)C2CC(O)C(O)C(C(O)C(O)C=C(C)CCC(O)CC(O)C(O)C(C)C(O)C(O)CC=CCC(O)C=CCC(O)CCCC(O)CCCC(O)CO)O2)CC(O)C1O. The Labute approximate surface area is 548 Å². The van der Waals surface area contributed by atoms with Gasteiger partial charge in [0.05, 0.1) is 104 Å². The van der Waals surface area contributed by atoms with Crippen LogP contribution in [-0.4, -0.2) is 283 Å². The average Bonchev–Trinajstić information content (AvgIpc) is 0.903. The highest BCUT2D eigenvalue weighted by atomic mass is 16.6. The molecular weight excluding hydrogens is 1220 g/mol. The Morgan fingerprint density at radius 3 is 1.61 bits per heavy atom. The molecule has 2 aliphatic rings. The van der Waals surface area contributed by atoms with E-state index >= 15 is 0 Å². The first kappa shape index (κ1) is 86.0. The molecule has 0 aliphatic carbocycles. The molecule has 25 heteroatoms. The molecule has 0 aromatic rings. The lowest BCUT2D eigenvalue weighted by molar-refractivity contribution is -0.234. The maximum atomic E-state index is 11.2. The molecule has 0 aromatic carbocycles. The fourth-order valence-corrected chi connectivity index (χ4v) is 11.2. The lowest BCUT2D eigenvalue weighted by Gasteiger charge is -2.42. The maximum Gasteiger partial charge on any atom is 0.115 e. The highest BCUT2D eigenvalue weighted by molar-refractivity contribution is 5.11. The summed E-state index contributed by atoms with van der Waals surface area (Å²) >= 11 is 0. The smallest absolute Gasteiger partial charge is 0.115 e. The van der Waals surface area contributed by atoms with E-state index in [0.29, 0.717) is 69.8 Å². The van der Waals surface area contributed by atoms with Crippen molar-refractivity contribution in [2.75, 3.05) is 6.61 Å². The molecule has 2 heterocycles. The first-order chi connectivity index (χ1) is 43.9. The van der Waals surface area contributed by atoms with Gasteiger partial charge in [0.2, 0.25) is 0 Å². The molecule has 2 aliphatic heterocycles. The highest BCUT2D eigenvalue weighted by Crippen LogP contribution is 2.32. The molecule has 25 nitrogen and oxygen atoms in total. The number of allylic oxidation sites excluding steroid dienone is 5. The first-order valence-corrected chi connectivity index (χ1v) is 33.1. The van der Waals surface area contributed by atoms with E-state index in [1.165, 1.54) is 25.2 Å². The van der Waals surface area contributed by atoms with Gasteiger partial charge in [0, 0.05) is 25.2 Å². The Morgan fingerprint density at radius 2 is 1.02 bits per heavy atom. The number of ether oxygens (including phenoxy) is 2. The van der Waals surface area contributed by atoms with Crippen molar-refractivity contribution in [3.8, 4) is 0 Å². The third-order valence-electron chi connectivity index (χ3n) is 17.4. The lowest BCUT2D eigenvalue weighted by atomic mass is 9.86. The predicted octanol–water partition coefficient (Wildman–Crippen LogP) is -0.859. The van der Waals surface area contributed by atoms with Crippen molar-refractivity contribution in [2.45, 2.75) is 314 Å². The maximum absolute atomic E-state index is 11.2. The Hall–Kier alpha value is -3.08. The van der Waals surface area contributed by atoms with Crippen LogP contribution in [0.2, 0.25) is 0 Å². The second-order valence-electron chi connectivity index (χ2n) is 25.6. The standard InChI is InChI=1S/C68H118O25/c1-5-6-8-18-43(70)20-11-12-21-44(71)19-9-7-10-29-52(79)62(87)67-65(90)56(83)38-58(93-67)66(91)59(84)41(3)32-34-50(77)57-37-55(82)64(89)68(92-57)63(88)53(80)35-40(2)31-33-48(75)36-54(81)61(86)42(4)60(85)51(78)30-14-13-22-45(72)23-15-24-46(73)25-16-26-47(74)27-17-28-49(76)39-69/h5,10-15,20-21,23,29,35,42-91H,1,3,6-9,16-19,22,24-28,30-34,36-39H2,2,4H3. The minimum Gasteiger partial charge on any atom is -0.394 e. The molecule has 0 radical (unpaired) electrons. The monoisotopic (exact) mass is 1330 g/mol. The van der Waals surface area contributed by atoms with E-state index < -0.39 is 171 Å². The van der Waals surface area contributed by atoms with Gasteiger partial charge in [0.15, 0.2) is 0 Å². The third kappa shape index (κ3) is 33.4. The molecule has 93 heavy (non-hydrogen) atoms. The Balaban J connectivity index is 1.82. The summed E-state index contributed by atoms with van der Waals surface area (Å²) in [7, 11) is 0. The minimum atomic E-state index is -1.86. The van der Waals surface area contributed by atoms with Crippen LogP contribution in [0.5, 0.6) is 0 Å². The average molecular weight is 1340 g/mol. The van der Waals surface area contributed by atoms with Crippen LogP contribution in [0, 0.1) is 5.92 Å². The van der Waals surface area contributed by atoms with Gasteiger partial charge >= 0.3 is 0 Å². The van der Waals surface area contributed by atoms with Crippen LogP contribution >= 0.6 is 0 Å². The van der Waals surface area contributed by atoms with Crippen LogP contribution in [0.1, 0.15) is 155 Å². The molecular formula is C68H118O25. The number of aliphatic hydroxyl groups excluding tert-OH is 23. The fraction of sp³-hybridized carbons (Fsp3) is 0.765. The van der Waals surface area contributed by atoms with Gasteiger partial charge in [-0.25, -0.2) is 0 Å². The van der Waals surface area contributed by atoms with E-state index in [1.807, 2.05) is 0 Å². The van der Waals surface area contributed by atoms with Crippen molar-refractivity contribution in [1.82, 2.24) is 0 Å². The zero-order valence-corrected chi connectivity index (χ0v) is 54.3. The Kier molecular flexibility index (Phi) is 43.5. The molecule has 540 valence electrons. The molecule has 2 rings (SSSR count). The summed E-state index contributed by atoms with van der Waals surface area (Å²) in [6, 6.07) is 0. The van der Waals surface area contributed by atoms with Crippen molar-refractivity contribution in [1.29, 1.82) is 0 Å². The van der Waals surface area contributed by atoms with Crippen molar-refractivity contribution in [2.24, 2.45) is 5.92 Å². The normalized spacial score (nSPS) is 27.5. The van der Waals surface area contributed by atoms with Gasteiger partial charge in [0.1, 0.15) is 61.0 Å². The van der Waals surface area contributed by atoms with E-state index in [4.69, 9.17) is 14.6 Å². The number of unbranched alkanes of at least 4 members (excludes halogenated alkanes) is 2. The minimum absolute atomic E-state index is 0.00382. The Bertz CT molecular complexity index is 2180. The van der Waals surface area contributed by atoms with Gasteiger partial charge in [-0.1, -0.05) is 92.0 Å². The molecule has 27 atom stereocenters. The molecule has 0 spiro atoms. The third-order valence-corrected chi connectivity index (χ3v) is 17.4. The van der Waals surface area contributed by atoms with Gasteiger partial charge in [-0.05, 0) is 134 Å². The largest absolute Gasteiger partial charge is 0.394 e. The second kappa shape index (κ2) is 47.0. The van der Waals surface area contributed by atoms with Crippen molar-refractivity contribution >= 4 is 0 Å². The van der Waals surface area contributed by atoms with Crippen LogP contribution in [0.3, 0.4) is 0 Å². The number of aliphatic hydroxyl groups is 23.